The summed E-state index contributed by atoms with van der Waals surface area (Å²) in [7, 11) is 1.80. The summed E-state index contributed by atoms with van der Waals surface area (Å²) in [5.74, 6) is 0.825. The molecule has 0 saturated carbocycles. The lowest BCUT2D eigenvalue weighted by Gasteiger charge is -2.16. The molecular formula is C18H28IN5. The van der Waals surface area contributed by atoms with Gasteiger partial charge in [0, 0.05) is 30.9 Å². The molecule has 1 atom stereocenters. The summed E-state index contributed by atoms with van der Waals surface area (Å²) >= 11 is 0. The Labute approximate surface area is 162 Å². The van der Waals surface area contributed by atoms with Crippen LogP contribution in [-0.2, 0) is 6.54 Å². The van der Waals surface area contributed by atoms with Crippen LogP contribution in [0.3, 0.4) is 0 Å². The Hall–Kier alpha value is -1.57. The monoisotopic (exact) mass is 441 g/mol. The fourth-order valence-electron chi connectivity index (χ4n) is 2.45. The van der Waals surface area contributed by atoms with Gasteiger partial charge in [0.1, 0.15) is 0 Å². The van der Waals surface area contributed by atoms with Crippen LogP contribution in [0.15, 0.2) is 35.3 Å². The van der Waals surface area contributed by atoms with Crippen LogP contribution in [0.2, 0.25) is 0 Å². The minimum absolute atomic E-state index is 0. The number of hydrogen-bond acceptors (Lipinski definition) is 2. The number of benzene rings is 1. The Morgan fingerprint density at radius 3 is 2.50 bits per heavy atom. The SMILES string of the molecule is CCC(C)NC(=NC)NCc1c(C)nn(-c2ccccc2)c1C.I. The molecular weight excluding hydrogens is 413 g/mol. The molecule has 0 spiro atoms. The van der Waals surface area contributed by atoms with E-state index in [1.807, 2.05) is 29.8 Å². The van der Waals surface area contributed by atoms with Crippen LogP contribution in [0.1, 0.15) is 37.2 Å². The van der Waals surface area contributed by atoms with Crippen LogP contribution in [-0.4, -0.2) is 28.8 Å². The van der Waals surface area contributed by atoms with Gasteiger partial charge in [-0.15, -0.1) is 24.0 Å². The zero-order valence-corrected chi connectivity index (χ0v) is 17.5. The van der Waals surface area contributed by atoms with E-state index in [1.54, 1.807) is 7.05 Å². The highest BCUT2D eigenvalue weighted by atomic mass is 127. The number of nitrogens with one attached hydrogen (secondary N) is 2. The summed E-state index contributed by atoms with van der Waals surface area (Å²) in [4.78, 5) is 4.28. The normalized spacial score (nSPS) is 12.5. The Balaban J connectivity index is 0.00000288. The number of nitrogens with zero attached hydrogens (tertiary/aromatic N) is 3. The lowest BCUT2D eigenvalue weighted by molar-refractivity contribution is 0.624. The molecule has 0 fully saturated rings. The van der Waals surface area contributed by atoms with E-state index in [0.717, 1.165) is 29.5 Å². The van der Waals surface area contributed by atoms with E-state index in [4.69, 9.17) is 0 Å². The molecule has 1 heterocycles. The number of aromatic nitrogens is 2. The predicted octanol–water partition coefficient (Wildman–Crippen LogP) is 3.57. The van der Waals surface area contributed by atoms with Crippen molar-refractivity contribution in [2.45, 2.75) is 46.7 Å². The summed E-state index contributed by atoms with van der Waals surface area (Å²) in [6, 6.07) is 10.6. The number of aryl methyl sites for hydroxylation is 1. The second-order valence-corrected chi connectivity index (χ2v) is 5.78. The van der Waals surface area contributed by atoms with E-state index in [-0.39, 0.29) is 24.0 Å². The van der Waals surface area contributed by atoms with Crippen LogP contribution in [0.25, 0.3) is 5.69 Å². The molecule has 1 aromatic carbocycles. The predicted molar refractivity (Wildman–Crippen MR) is 112 cm³/mol. The van der Waals surface area contributed by atoms with Crippen LogP contribution in [0.4, 0.5) is 0 Å². The van der Waals surface area contributed by atoms with Crippen molar-refractivity contribution in [1.29, 1.82) is 0 Å². The minimum atomic E-state index is 0. The van der Waals surface area contributed by atoms with Crippen LogP contribution < -0.4 is 10.6 Å². The molecule has 5 nitrogen and oxygen atoms in total. The first-order valence-corrected chi connectivity index (χ1v) is 8.14. The van der Waals surface area contributed by atoms with Gasteiger partial charge in [-0.2, -0.15) is 5.10 Å². The van der Waals surface area contributed by atoms with Gasteiger partial charge in [0.25, 0.3) is 0 Å². The quantitative estimate of drug-likeness (QED) is 0.424. The van der Waals surface area contributed by atoms with Crippen molar-refractivity contribution in [3.8, 4) is 5.69 Å². The van der Waals surface area contributed by atoms with Crippen molar-refractivity contribution in [2.24, 2.45) is 4.99 Å². The standard InChI is InChI=1S/C18H27N5.HI/c1-6-13(2)21-18(19-5)20-12-17-14(3)22-23(15(17)4)16-10-8-7-9-11-16;/h7-11,13H,6,12H2,1-5H3,(H2,19,20,21);1H. The highest BCUT2D eigenvalue weighted by Gasteiger charge is 2.13. The lowest BCUT2D eigenvalue weighted by Crippen LogP contribution is -2.41. The van der Waals surface area contributed by atoms with Gasteiger partial charge >= 0.3 is 0 Å². The van der Waals surface area contributed by atoms with Crippen molar-refractivity contribution in [2.75, 3.05) is 7.05 Å². The number of halogens is 1. The Morgan fingerprint density at radius 1 is 1.25 bits per heavy atom. The van der Waals surface area contributed by atoms with Gasteiger partial charge in [-0.05, 0) is 39.3 Å². The smallest absolute Gasteiger partial charge is 0.191 e. The summed E-state index contributed by atoms with van der Waals surface area (Å²) in [5.41, 5.74) is 4.49. The molecule has 1 aromatic heterocycles. The molecule has 1 unspecified atom stereocenters. The second-order valence-electron chi connectivity index (χ2n) is 5.78. The molecule has 2 N–H and O–H groups in total. The third kappa shape index (κ3) is 4.96. The first kappa shape index (κ1) is 20.5. The number of hydrogen-bond donors (Lipinski definition) is 2. The first-order chi connectivity index (χ1) is 11.1. The van der Waals surface area contributed by atoms with E-state index in [1.165, 1.54) is 5.56 Å². The molecule has 2 aromatic rings. The molecule has 24 heavy (non-hydrogen) atoms. The molecule has 0 bridgehead atoms. The molecule has 0 aliphatic carbocycles. The highest BCUT2D eigenvalue weighted by Crippen LogP contribution is 2.17. The number of rotatable bonds is 5. The van der Waals surface area contributed by atoms with E-state index in [0.29, 0.717) is 12.6 Å². The summed E-state index contributed by atoms with van der Waals surface area (Å²) < 4.78 is 2.00. The second kappa shape index (κ2) is 9.66. The third-order valence-corrected chi connectivity index (χ3v) is 4.09. The molecule has 0 aliphatic rings. The lowest BCUT2D eigenvalue weighted by atomic mass is 10.2. The highest BCUT2D eigenvalue weighted by molar-refractivity contribution is 14.0. The van der Waals surface area contributed by atoms with E-state index in [9.17, 15) is 0 Å². The van der Waals surface area contributed by atoms with Gasteiger partial charge in [0.15, 0.2) is 5.96 Å². The Kier molecular flexibility index (Phi) is 8.24. The maximum atomic E-state index is 4.68. The van der Waals surface area contributed by atoms with Crippen molar-refractivity contribution in [1.82, 2.24) is 20.4 Å². The number of aliphatic imine (C=N–C) groups is 1. The molecule has 0 saturated heterocycles. The average molecular weight is 441 g/mol. The molecule has 0 aliphatic heterocycles. The molecule has 0 amide bonds. The van der Waals surface area contributed by atoms with E-state index < -0.39 is 0 Å². The number of para-hydroxylation sites is 1. The topological polar surface area (TPSA) is 54.2 Å². The van der Waals surface area contributed by atoms with Gasteiger partial charge < -0.3 is 10.6 Å². The Bertz CT molecular complexity index is 664. The van der Waals surface area contributed by atoms with E-state index in [2.05, 4.69) is 53.6 Å². The van der Waals surface area contributed by atoms with Gasteiger partial charge in [-0.1, -0.05) is 25.1 Å². The fourth-order valence-corrected chi connectivity index (χ4v) is 2.45. The number of guanidine groups is 1. The zero-order chi connectivity index (χ0) is 16.8. The molecule has 0 radical (unpaired) electrons. The van der Waals surface area contributed by atoms with Gasteiger partial charge in [0.2, 0.25) is 0 Å². The minimum Gasteiger partial charge on any atom is -0.354 e. The summed E-state index contributed by atoms with van der Waals surface area (Å²) in [6.07, 6.45) is 1.06. The van der Waals surface area contributed by atoms with Crippen LogP contribution >= 0.6 is 24.0 Å². The average Bonchev–Trinajstić information content (AvgIpc) is 2.86. The van der Waals surface area contributed by atoms with Crippen LogP contribution in [0.5, 0.6) is 0 Å². The fraction of sp³-hybridized carbons (Fsp3) is 0.444. The van der Waals surface area contributed by atoms with Gasteiger partial charge in [-0.3, -0.25) is 4.99 Å². The maximum absolute atomic E-state index is 4.68. The van der Waals surface area contributed by atoms with Gasteiger partial charge in [0.05, 0.1) is 11.4 Å². The maximum Gasteiger partial charge on any atom is 0.191 e. The van der Waals surface area contributed by atoms with Crippen molar-refractivity contribution >= 4 is 29.9 Å². The third-order valence-electron chi connectivity index (χ3n) is 4.09. The Morgan fingerprint density at radius 2 is 1.92 bits per heavy atom. The molecule has 6 heteroatoms. The zero-order valence-electron chi connectivity index (χ0n) is 15.1. The van der Waals surface area contributed by atoms with Crippen LogP contribution in [0, 0.1) is 13.8 Å². The van der Waals surface area contributed by atoms with Crippen molar-refractivity contribution in [3.05, 3.63) is 47.3 Å². The molecule has 2 rings (SSSR count). The van der Waals surface area contributed by atoms with Gasteiger partial charge in [-0.25, -0.2) is 4.68 Å². The molecule has 132 valence electrons. The first-order valence-electron chi connectivity index (χ1n) is 8.14. The van der Waals surface area contributed by atoms with Crippen molar-refractivity contribution in [3.63, 3.8) is 0 Å². The van der Waals surface area contributed by atoms with E-state index >= 15 is 0 Å². The summed E-state index contributed by atoms with van der Waals surface area (Å²) in [6.45, 7) is 9.17. The van der Waals surface area contributed by atoms with Crippen molar-refractivity contribution < 1.29 is 0 Å². The largest absolute Gasteiger partial charge is 0.354 e. The summed E-state index contributed by atoms with van der Waals surface area (Å²) in [5, 5.41) is 11.4.